The second-order valence-corrected chi connectivity index (χ2v) is 7.57. The molecule has 1 aliphatic rings. The third-order valence-electron chi connectivity index (χ3n) is 5.40. The lowest BCUT2D eigenvalue weighted by molar-refractivity contribution is -0.277. The van der Waals surface area contributed by atoms with Gasteiger partial charge in [-0.05, 0) is 23.8 Å². The number of allylic oxidation sites excluding steroid dienone is 3. The second kappa shape index (κ2) is 10.7. The molecule has 6 unspecified atom stereocenters. The van der Waals surface area contributed by atoms with Gasteiger partial charge in [-0.3, -0.25) is 0 Å². The van der Waals surface area contributed by atoms with Crippen molar-refractivity contribution in [3.63, 3.8) is 0 Å². The molecule has 9 nitrogen and oxygen atoms in total. The lowest BCUT2D eigenvalue weighted by Gasteiger charge is -2.40. The van der Waals surface area contributed by atoms with Crippen LogP contribution in [0.1, 0.15) is 17.0 Å². The number of aromatic hydroxyl groups is 2. The summed E-state index contributed by atoms with van der Waals surface area (Å²) in [5.41, 5.74) is 1.16. The van der Waals surface area contributed by atoms with E-state index in [9.17, 15) is 30.6 Å². The first kappa shape index (κ1) is 24.6. The monoisotopic (exact) mass is 460 g/mol. The zero-order valence-corrected chi connectivity index (χ0v) is 18.0. The van der Waals surface area contributed by atoms with Gasteiger partial charge in [0.1, 0.15) is 35.9 Å². The van der Waals surface area contributed by atoms with E-state index >= 15 is 0 Å². The van der Waals surface area contributed by atoms with Gasteiger partial charge in [-0.25, -0.2) is 0 Å². The highest BCUT2D eigenvalue weighted by Gasteiger charge is 2.45. The van der Waals surface area contributed by atoms with Crippen LogP contribution in [0.5, 0.6) is 23.0 Å². The molecule has 3 rings (SSSR count). The van der Waals surface area contributed by atoms with Gasteiger partial charge in [0.15, 0.2) is 11.5 Å². The highest BCUT2D eigenvalue weighted by atomic mass is 16.7. The van der Waals surface area contributed by atoms with Gasteiger partial charge in [-0.2, -0.15) is 0 Å². The fourth-order valence-corrected chi connectivity index (χ4v) is 3.66. The molecule has 0 radical (unpaired) electrons. The summed E-state index contributed by atoms with van der Waals surface area (Å²) in [4.78, 5) is 0. The van der Waals surface area contributed by atoms with Gasteiger partial charge >= 0.3 is 0 Å². The number of ether oxygens (including phenoxy) is 3. The summed E-state index contributed by atoms with van der Waals surface area (Å²) in [5.74, 6) is -0.316. The highest BCUT2D eigenvalue weighted by Crippen LogP contribution is 2.43. The third kappa shape index (κ3) is 5.29. The van der Waals surface area contributed by atoms with Crippen molar-refractivity contribution in [1.82, 2.24) is 0 Å². The van der Waals surface area contributed by atoms with Crippen molar-refractivity contribution in [1.29, 1.82) is 0 Å². The number of hydrogen-bond donors (Lipinski definition) is 6. The molecule has 0 amide bonds. The Kier molecular flexibility index (Phi) is 7.96. The molecule has 1 saturated heterocycles. The molecule has 0 spiro atoms. The maximum Gasteiger partial charge on any atom is 0.229 e. The van der Waals surface area contributed by atoms with Gasteiger partial charge in [0.2, 0.25) is 6.29 Å². The predicted octanol–water partition coefficient (Wildman–Crippen LogP) is 1.16. The van der Waals surface area contributed by atoms with Crippen LogP contribution >= 0.6 is 0 Å². The lowest BCUT2D eigenvalue weighted by atomic mass is 9.89. The Morgan fingerprint density at radius 2 is 1.73 bits per heavy atom. The first-order valence-corrected chi connectivity index (χ1v) is 10.3. The minimum Gasteiger partial charge on any atom is -0.508 e. The number of aliphatic hydroxyl groups is 4. The van der Waals surface area contributed by atoms with E-state index in [1.807, 2.05) is 0 Å². The third-order valence-corrected chi connectivity index (χ3v) is 5.40. The van der Waals surface area contributed by atoms with Gasteiger partial charge in [-0.1, -0.05) is 36.9 Å². The molecule has 0 aromatic heterocycles. The smallest absolute Gasteiger partial charge is 0.229 e. The maximum absolute atomic E-state index is 10.4. The van der Waals surface area contributed by atoms with Crippen molar-refractivity contribution in [3.05, 3.63) is 72.3 Å². The second-order valence-electron chi connectivity index (χ2n) is 7.57. The fraction of sp³-hybridized carbons (Fsp3) is 0.333. The topological polar surface area (TPSA) is 149 Å². The molecule has 1 fully saturated rings. The average Bonchev–Trinajstić information content (AvgIpc) is 2.81. The van der Waals surface area contributed by atoms with Gasteiger partial charge in [0, 0.05) is 17.5 Å². The van der Waals surface area contributed by atoms with E-state index in [0.29, 0.717) is 5.56 Å². The number of benzene rings is 2. The van der Waals surface area contributed by atoms with Crippen LogP contribution in [0.25, 0.3) is 0 Å². The summed E-state index contributed by atoms with van der Waals surface area (Å²) >= 11 is 0. The van der Waals surface area contributed by atoms with Gasteiger partial charge in [0.25, 0.3) is 0 Å². The first-order valence-electron chi connectivity index (χ1n) is 10.3. The number of phenolic OH excluding ortho intramolecular Hbond substituents is 2. The normalized spacial score (nSPS) is 26.2. The minimum absolute atomic E-state index is 0.0801. The summed E-state index contributed by atoms with van der Waals surface area (Å²) in [6.45, 7) is 3.08. The molecule has 0 aliphatic carbocycles. The molecule has 0 saturated carbocycles. The fourth-order valence-electron chi connectivity index (χ4n) is 3.66. The SMILES string of the molecule is C=CC=CC(c1ccc(O)cc1)c1cc(O)cc(OC)c1OC1OC(CO)C(O)C(O)C1O. The van der Waals surface area contributed by atoms with Gasteiger partial charge < -0.3 is 44.8 Å². The Morgan fingerprint density at radius 1 is 1.03 bits per heavy atom. The van der Waals surface area contributed by atoms with Crippen LogP contribution in [-0.2, 0) is 4.74 Å². The number of methoxy groups -OCH3 is 1. The van der Waals surface area contributed by atoms with E-state index in [1.54, 1.807) is 30.4 Å². The van der Waals surface area contributed by atoms with Crippen molar-refractivity contribution < 1.29 is 44.8 Å². The first-order chi connectivity index (χ1) is 15.8. The molecule has 2 aromatic rings. The van der Waals surface area contributed by atoms with Crippen molar-refractivity contribution in [3.8, 4) is 23.0 Å². The molecule has 9 heteroatoms. The van der Waals surface area contributed by atoms with Crippen LogP contribution in [0.15, 0.2) is 61.2 Å². The predicted molar refractivity (Wildman–Crippen MR) is 118 cm³/mol. The Labute approximate surface area is 191 Å². The number of aliphatic hydroxyl groups excluding tert-OH is 4. The highest BCUT2D eigenvalue weighted by molar-refractivity contribution is 5.56. The van der Waals surface area contributed by atoms with Crippen LogP contribution < -0.4 is 9.47 Å². The lowest BCUT2D eigenvalue weighted by Crippen LogP contribution is -2.60. The van der Waals surface area contributed by atoms with E-state index in [2.05, 4.69) is 6.58 Å². The summed E-state index contributed by atoms with van der Waals surface area (Å²) in [5, 5.41) is 60.1. The van der Waals surface area contributed by atoms with Crippen molar-refractivity contribution in [2.75, 3.05) is 13.7 Å². The van der Waals surface area contributed by atoms with Crippen LogP contribution in [0.2, 0.25) is 0 Å². The molecule has 6 N–H and O–H groups in total. The summed E-state index contributed by atoms with van der Waals surface area (Å²) in [7, 11) is 1.37. The molecular formula is C24H28O9. The summed E-state index contributed by atoms with van der Waals surface area (Å²) in [6.07, 6.45) is -2.35. The summed E-state index contributed by atoms with van der Waals surface area (Å²) < 4.78 is 16.8. The molecule has 6 atom stereocenters. The van der Waals surface area contributed by atoms with Crippen molar-refractivity contribution in [2.45, 2.75) is 36.6 Å². The number of rotatable bonds is 8. The number of hydrogen-bond acceptors (Lipinski definition) is 9. The quantitative estimate of drug-likeness (QED) is 0.319. The molecular weight excluding hydrogens is 432 g/mol. The van der Waals surface area contributed by atoms with Crippen molar-refractivity contribution >= 4 is 0 Å². The van der Waals surface area contributed by atoms with Gasteiger partial charge in [-0.15, -0.1) is 0 Å². The Bertz CT molecular complexity index is 971. The minimum atomic E-state index is -1.63. The largest absolute Gasteiger partial charge is 0.508 e. The van der Waals surface area contributed by atoms with Crippen molar-refractivity contribution in [2.24, 2.45) is 0 Å². The molecule has 0 bridgehead atoms. The van der Waals surface area contributed by atoms with Crippen LogP contribution in [0.4, 0.5) is 0 Å². The molecule has 2 aromatic carbocycles. The number of phenols is 2. The van der Waals surface area contributed by atoms with E-state index in [-0.39, 0.29) is 23.0 Å². The molecule has 33 heavy (non-hydrogen) atoms. The van der Waals surface area contributed by atoms with Crippen LogP contribution in [0, 0.1) is 0 Å². The summed E-state index contributed by atoms with van der Waals surface area (Å²) in [6, 6.07) is 9.19. The standard InChI is InChI=1S/C24H28O9/c1-3-4-5-16(13-6-8-14(26)9-7-13)17-10-15(27)11-18(31-2)23(17)33-24-22(30)21(29)20(28)19(12-25)32-24/h3-11,16,19-22,24-30H,1,12H2,2H3. The molecule has 178 valence electrons. The van der Waals surface area contributed by atoms with Crippen LogP contribution in [0.3, 0.4) is 0 Å². The Morgan fingerprint density at radius 3 is 2.33 bits per heavy atom. The zero-order valence-electron chi connectivity index (χ0n) is 18.0. The van der Waals surface area contributed by atoms with E-state index in [4.69, 9.17) is 14.2 Å². The molecule has 1 heterocycles. The van der Waals surface area contributed by atoms with Gasteiger partial charge in [0.05, 0.1) is 13.7 Å². The Hall–Kier alpha value is -3.08. The average molecular weight is 460 g/mol. The van der Waals surface area contributed by atoms with Crippen LogP contribution in [-0.4, -0.2) is 75.1 Å². The maximum atomic E-state index is 10.4. The van der Waals surface area contributed by atoms with E-state index in [0.717, 1.165) is 5.56 Å². The Balaban J connectivity index is 2.10. The zero-order chi connectivity index (χ0) is 24.1. The van der Waals surface area contributed by atoms with E-state index in [1.165, 1.54) is 31.4 Å². The van der Waals surface area contributed by atoms with E-state index < -0.39 is 43.2 Å². The molecule has 1 aliphatic heterocycles.